The third-order valence-corrected chi connectivity index (χ3v) is 4.34. The second kappa shape index (κ2) is 5.09. The normalized spacial score (nSPS) is 29.4. The van der Waals surface area contributed by atoms with Gasteiger partial charge in [0.2, 0.25) is 10.0 Å². The highest BCUT2D eigenvalue weighted by Crippen LogP contribution is 2.08. The summed E-state index contributed by atoms with van der Waals surface area (Å²) in [5, 5.41) is 3.30. The summed E-state index contributed by atoms with van der Waals surface area (Å²) in [6.45, 7) is 6.10. The molecule has 1 atom stereocenters. The molecule has 1 N–H and O–H groups in total. The Morgan fingerprint density at radius 3 is 2.86 bits per heavy atom. The lowest BCUT2D eigenvalue weighted by Crippen LogP contribution is -2.46. The maximum Gasteiger partial charge on any atom is 0.214 e. The molecule has 0 spiro atoms. The fourth-order valence-electron chi connectivity index (χ4n) is 1.70. The van der Waals surface area contributed by atoms with E-state index in [-0.39, 0.29) is 11.8 Å². The van der Waals surface area contributed by atoms with Crippen LogP contribution in [0.25, 0.3) is 0 Å². The van der Waals surface area contributed by atoms with Crippen LogP contribution in [0, 0.1) is 0 Å². The van der Waals surface area contributed by atoms with Crippen LogP contribution in [0.3, 0.4) is 0 Å². The molecule has 0 saturated carbocycles. The molecule has 0 bridgehead atoms. The molecule has 84 valence electrons. The molecular formula is C9H20N2O2S. The maximum absolute atomic E-state index is 11.8. The smallest absolute Gasteiger partial charge is 0.214 e. The molecule has 4 nitrogen and oxygen atoms in total. The van der Waals surface area contributed by atoms with Crippen molar-refractivity contribution in [3.05, 3.63) is 0 Å². The van der Waals surface area contributed by atoms with E-state index in [4.69, 9.17) is 0 Å². The summed E-state index contributed by atoms with van der Waals surface area (Å²) in [6.07, 6.45) is 1.60. The summed E-state index contributed by atoms with van der Waals surface area (Å²) >= 11 is 0. The minimum absolute atomic E-state index is 0.261. The van der Waals surface area contributed by atoms with Gasteiger partial charge in [-0.3, -0.25) is 0 Å². The average molecular weight is 220 g/mol. The van der Waals surface area contributed by atoms with Crippen molar-refractivity contribution in [1.82, 2.24) is 9.62 Å². The predicted octanol–water partition coefficient (Wildman–Crippen LogP) is 0.410. The molecule has 0 radical (unpaired) electrons. The topological polar surface area (TPSA) is 49.4 Å². The van der Waals surface area contributed by atoms with E-state index in [0.29, 0.717) is 19.5 Å². The Morgan fingerprint density at radius 2 is 2.21 bits per heavy atom. The van der Waals surface area contributed by atoms with Gasteiger partial charge in [0.1, 0.15) is 0 Å². The van der Waals surface area contributed by atoms with Crippen molar-refractivity contribution in [3.63, 3.8) is 0 Å². The van der Waals surface area contributed by atoms with E-state index in [9.17, 15) is 8.42 Å². The Labute approximate surface area is 86.7 Å². The number of sulfonamides is 1. The van der Waals surface area contributed by atoms with Crippen LogP contribution in [0.4, 0.5) is 0 Å². The van der Waals surface area contributed by atoms with Crippen molar-refractivity contribution in [2.45, 2.75) is 32.7 Å². The van der Waals surface area contributed by atoms with Gasteiger partial charge < -0.3 is 5.32 Å². The summed E-state index contributed by atoms with van der Waals surface area (Å²) < 4.78 is 25.2. The average Bonchev–Trinajstić information content (AvgIpc) is 2.10. The first-order valence-corrected chi connectivity index (χ1v) is 6.88. The van der Waals surface area contributed by atoms with Gasteiger partial charge >= 0.3 is 0 Å². The molecule has 0 aliphatic carbocycles. The van der Waals surface area contributed by atoms with E-state index < -0.39 is 10.0 Å². The Hall–Kier alpha value is -0.130. The van der Waals surface area contributed by atoms with E-state index in [1.54, 1.807) is 4.31 Å². The minimum Gasteiger partial charge on any atom is -0.313 e. The maximum atomic E-state index is 11.8. The van der Waals surface area contributed by atoms with Gasteiger partial charge in [0.05, 0.1) is 5.75 Å². The van der Waals surface area contributed by atoms with Crippen LogP contribution in [0.5, 0.6) is 0 Å². The van der Waals surface area contributed by atoms with Gasteiger partial charge in [-0.05, 0) is 26.3 Å². The fraction of sp³-hybridized carbons (Fsp3) is 1.00. The van der Waals surface area contributed by atoms with Crippen molar-refractivity contribution >= 4 is 10.0 Å². The second-order valence-corrected chi connectivity index (χ2v) is 5.97. The monoisotopic (exact) mass is 220 g/mol. The molecule has 0 aromatic carbocycles. The summed E-state index contributed by atoms with van der Waals surface area (Å²) in [4.78, 5) is 0. The number of nitrogens with zero attached hydrogens (tertiary/aromatic N) is 1. The highest BCUT2D eigenvalue weighted by molar-refractivity contribution is 7.89. The summed E-state index contributed by atoms with van der Waals surface area (Å²) in [6, 6.07) is 0.261. The van der Waals surface area contributed by atoms with Gasteiger partial charge in [0.15, 0.2) is 0 Å². The van der Waals surface area contributed by atoms with E-state index in [1.807, 2.05) is 13.8 Å². The molecule has 1 unspecified atom stereocenters. The molecule has 14 heavy (non-hydrogen) atoms. The lowest BCUT2D eigenvalue weighted by Gasteiger charge is -2.28. The zero-order chi connectivity index (χ0) is 10.6. The Bertz CT molecular complexity index is 264. The SMILES string of the molecule is CCCN1CC(C)NCCCS1(=O)=O. The van der Waals surface area contributed by atoms with Crippen LogP contribution < -0.4 is 5.32 Å². The third kappa shape index (κ3) is 3.22. The van der Waals surface area contributed by atoms with E-state index in [2.05, 4.69) is 5.32 Å². The number of hydrogen-bond donors (Lipinski definition) is 1. The van der Waals surface area contributed by atoms with Crippen molar-refractivity contribution in [2.24, 2.45) is 0 Å². The van der Waals surface area contributed by atoms with Gasteiger partial charge in [-0.1, -0.05) is 6.92 Å². The zero-order valence-corrected chi connectivity index (χ0v) is 9.81. The van der Waals surface area contributed by atoms with Crippen LogP contribution in [0.15, 0.2) is 0 Å². The van der Waals surface area contributed by atoms with Crippen LogP contribution in [0.2, 0.25) is 0 Å². The number of rotatable bonds is 2. The van der Waals surface area contributed by atoms with Crippen molar-refractivity contribution in [3.8, 4) is 0 Å². The summed E-state index contributed by atoms with van der Waals surface area (Å²) in [7, 11) is -2.99. The van der Waals surface area contributed by atoms with Crippen LogP contribution in [0.1, 0.15) is 26.7 Å². The first-order chi connectivity index (χ1) is 6.56. The molecule has 1 fully saturated rings. The first kappa shape index (κ1) is 11.9. The van der Waals surface area contributed by atoms with Crippen LogP contribution in [-0.2, 0) is 10.0 Å². The second-order valence-electron chi connectivity index (χ2n) is 3.88. The summed E-state index contributed by atoms with van der Waals surface area (Å²) in [5.74, 6) is 0.284. The molecular weight excluding hydrogens is 200 g/mol. The van der Waals surface area contributed by atoms with Gasteiger partial charge in [0.25, 0.3) is 0 Å². The van der Waals surface area contributed by atoms with E-state index in [0.717, 1.165) is 13.0 Å². The minimum atomic E-state index is -2.99. The Morgan fingerprint density at radius 1 is 1.50 bits per heavy atom. The Balaban J connectivity index is 2.71. The van der Waals surface area contributed by atoms with Crippen molar-refractivity contribution in [1.29, 1.82) is 0 Å². The quantitative estimate of drug-likeness (QED) is 0.733. The Kier molecular flexibility index (Phi) is 4.34. The molecule has 0 amide bonds. The van der Waals surface area contributed by atoms with Gasteiger partial charge in [-0.25, -0.2) is 12.7 Å². The van der Waals surface area contributed by atoms with E-state index in [1.165, 1.54) is 0 Å². The van der Waals surface area contributed by atoms with Gasteiger partial charge in [0, 0.05) is 19.1 Å². The third-order valence-electron chi connectivity index (χ3n) is 2.42. The molecule has 5 heteroatoms. The van der Waals surface area contributed by atoms with Gasteiger partial charge in [-0.15, -0.1) is 0 Å². The van der Waals surface area contributed by atoms with Crippen molar-refractivity contribution < 1.29 is 8.42 Å². The molecule has 1 rings (SSSR count). The van der Waals surface area contributed by atoms with Gasteiger partial charge in [-0.2, -0.15) is 0 Å². The first-order valence-electron chi connectivity index (χ1n) is 5.27. The lowest BCUT2D eigenvalue weighted by atomic mass is 10.3. The largest absolute Gasteiger partial charge is 0.313 e. The van der Waals surface area contributed by atoms with Crippen LogP contribution in [-0.4, -0.2) is 44.2 Å². The molecule has 1 heterocycles. The molecule has 1 aliphatic heterocycles. The fourth-order valence-corrected chi connectivity index (χ4v) is 3.37. The molecule has 1 aliphatic rings. The number of hydrogen-bond acceptors (Lipinski definition) is 3. The predicted molar refractivity (Wildman–Crippen MR) is 57.7 cm³/mol. The highest BCUT2D eigenvalue weighted by atomic mass is 32.2. The summed E-state index contributed by atoms with van der Waals surface area (Å²) in [5.41, 5.74) is 0. The molecule has 1 saturated heterocycles. The molecule has 0 aromatic rings. The lowest BCUT2D eigenvalue weighted by molar-refractivity contribution is 0.353. The highest BCUT2D eigenvalue weighted by Gasteiger charge is 2.24. The number of nitrogens with one attached hydrogen (secondary N) is 1. The van der Waals surface area contributed by atoms with Crippen molar-refractivity contribution in [2.75, 3.05) is 25.4 Å². The zero-order valence-electron chi connectivity index (χ0n) is 8.99. The molecule has 0 aromatic heterocycles. The van der Waals surface area contributed by atoms with E-state index >= 15 is 0 Å². The standard InChI is InChI=1S/C9H20N2O2S/c1-3-6-11-8-9(2)10-5-4-7-14(11,12)13/h9-10H,3-8H2,1-2H3. The van der Waals surface area contributed by atoms with Crippen LogP contribution >= 0.6 is 0 Å².